The highest BCUT2D eigenvalue weighted by molar-refractivity contribution is 7.92. The topological polar surface area (TPSA) is 173 Å². The van der Waals surface area contributed by atoms with Crippen LogP contribution in [0.3, 0.4) is 0 Å². The molecule has 0 spiro atoms. The van der Waals surface area contributed by atoms with Gasteiger partial charge in [-0.1, -0.05) is 12.1 Å². The second-order valence-corrected chi connectivity index (χ2v) is 12.6. The van der Waals surface area contributed by atoms with Gasteiger partial charge in [0, 0.05) is 37.0 Å². The molecule has 3 heterocycles. The first-order valence-electron chi connectivity index (χ1n) is 14.0. The Hall–Kier alpha value is -4.50. The van der Waals surface area contributed by atoms with Gasteiger partial charge in [-0.3, -0.25) is 9.52 Å². The molecule has 2 aliphatic heterocycles. The van der Waals surface area contributed by atoms with Gasteiger partial charge >= 0.3 is 6.03 Å². The first kappa shape index (κ1) is 30.9. The summed E-state index contributed by atoms with van der Waals surface area (Å²) in [6.07, 6.45) is -0.562. The van der Waals surface area contributed by atoms with Crippen LogP contribution in [0.5, 0.6) is 17.2 Å². The van der Waals surface area contributed by atoms with Gasteiger partial charge in [-0.2, -0.15) is 0 Å². The number of nitrogens with one attached hydrogen (secondary N) is 2. The van der Waals surface area contributed by atoms with Crippen LogP contribution < -0.4 is 24.2 Å². The van der Waals surface area contributed by atoms with Crippen molar-refractivity contribution < 1.29 is 41.8 Å². The Labute approximate surface area is 254 Å². The summed E-state index contributed by atoms with van der Waals surface area (Å²) in [6.45, 7) is 6.85. The molecule has 14 nitrogen and oxygen atoms in total. The highest BCUT2D eigenvalue weighted by Gasteiger charge is 2.35. The maximum Gasteiger partial charge on any atom is 0.321 e. The minimum atomic E-state index is -4.08. The molecule has 3 aromatic rings. The molecule has 0 fully saturated rings. The monoisotopic (exact) mass is 629 g/mol. The van der Waals surface area contributed by atoms with Crippen molar-refractivity contribution in [1.29, 1.82) is 0 Å². The van der Waals surface area contributed by atoms with Crippen LogP contribution in [-0.2, 0) is 10.0 Å². The molecule has 0 saturated heterocycles. The number of sulfonamides is 1. The number of carbonyl (C=O) groups is 2. The van der Waals surface area contributed by atoms with E-state index in [1.54, 1.807) is 32.2 Å². The Bertz CT molecular complexity index is 1660. The lowest BCUT2D eigenvalue weighted by molar-refractivity contribution is 0.0371. The lowest BCUT2D eigenvalue weighted by Crippen LogP contribution is -2.50. The van der Waals surface area contributed by atoms with Gasteiger partial charge in [-0.15, -0.1) is 0 Å². The average Bonchev–Trinajstić information content (AvgIpc) is 3.59. The maximum atomic E-state index is 13.8. The molecule has 5 rings (SSSR count). The number of ether oxygens (including phenoxy) is 3. The molecule has 15 heteroatoms. The number of fused-ring (bicyclic) bond motifs is 2. The van der Waals surface area contributed by atoms with E-state index in [4.69, 9.17) is 18.7 Å². The number of anilines is 2. The van der Waals surface area contributed by atoms with Crippen LogP contribution in [0.25, 0.3) is 0 Å². The molecule has 0 radical (unpaired) electrons. The predicted octanol–water partition coefficient (Wildman–Crippen LogP) is 3.20. The summed E-state index contributed by atoms with van der Waals surface area (Å²) in [5.41, 5.74) is 0.964. The number of nitrogens with zero attached hydrogens (tertiary/aromatic N) is 3. The quantitative estimate of drug-likeness (QED) is 0.336. The summed E-state index contributed by atoms with van der Waals surface area (Å²) in [5.74, 6) is 0.801. The highest BCUT2D eigenvalue weighted by Crippen LogP contribution is 2.35. The van der Waals surface area contributed by atoms with E-state index in [1.807, 2.05) is 6.92 Å². The molecule has 1 aromatic heterocycles. The van der Waals surface area contributed by atoms with Crippen LogP contribution in [0, 0.1) is 19.8 Å². The van der Waals surface area contributed by atoms with Crippen molar-refractivity contribution in [2.45, 2.75) is 44.7 Å². The number of aryl methyl sites for hydroxylation is 2. The highest BCUT2D eigenvalue weighted by atomic mass is 32.2. The molecule has 0 bridgehead atoms. The summed E-state index contributed by atoms with van der Waals surface area (Å²) in [6, 6.07) is 8.57. The number of hydrogen-bond acceptors (Lipinski definition) is 10. The number of hydrogen-bond donors (Lipinski definition) is 3. The molecule has 236 valence electrons. The van der Waals surface area contributed by atoms with Gasteiger partial charge in [0.05, 0.1) is 24.8 Å². The number of urea groups is 1. The van der Waals surface area contributed by atoms with Crippen LogP contribution in [0.15, 0.2) is 45.8 Å². The molecule has 3 amide bonds. The van der Waals surface area contributed by atoms with Crippen molar-refractivity contribution in [3.8, 4) is 17.2 Å². The van der Waals surface area contributed by atoms with Crippen molar-refractivity contribution in [2.75, 3.05) is 43.6 Å². The predicted molar refractivity (Wildman–Crippen MR) is 159 cm³/mol. The number of likely N-dealkylation sites (N-methyl/N-ethyl adjacent to an activating group) is 1. The Morgan fingerprint density at radius 1 is 1.14 bits per heavy atom. The molecule has 0 unspecified atom stereocenters. The third kappa shape index (κ3) is 6.24. The van der Waals surface area contributed by atoms with E-state index in [2.05, 4.69) is 15.2 Å². The lowest BCUT2D eigenvalue weighted by Gasteiger charge is -2.38. The Morgan fingerprint density at radius 2 is 1.84 bits per heavy atom. The Kier molecular flexibility index (Phi) is 8.61. The van der Waals surface area contributed by atoms with E-state index in [0.29, 0.717) is 17.2 Å². The molecule has 2 aromatic carbocycles. The number of carbonyl (C=O) groups excluding carboxylic acids is 2. The first-order chi connectivity index (χ1) is 20.9. The van der Waals surface area contributed by atoms with E-state index < -0.39 is 28.1 Å². The van der Waals surface area contributed by atoms with E-state index in [1.165, 1.54) is 41.8 Å². The van der Waals surface area contributed by atoms with E-state index in [0.717, 1.165) is 0 Å². The van der Waals surface area contributed by atoms with E-state index in [9.17, 15) is 23.1 Å². The largest absolute Gasteiger partial charge is 0.487 e. The zero-order valence-electron chi connectivity index (χ0n) is 25.0. The van der Waals surface area contributed by atoms with Gasteiger partial charge < -0.3 is 39.0 Å². The van der Waals surface area contributed by atoms with Crippen LogP contribution in [0.1, 0.15) is 35.7 Å². The van der Waals surface area contributed by atoms with Gasteiger partial charge in [0.1, 0.15) is 17.5 Å². The first-order valence-corrected chi connectivity index (χ1v) is 15.5. The normalized spacial score (nSPS) is 18.5. The minimum absolute atomic E-state index is 0.0849. The molecular weight excluding hydrogens is 594 g/mol. The second kappa shape index (κ2) is 12.2. The van der Waals surface area contributed by atoms with Crippen molar-refractivity contribution in [3.05, 3.63) is 53.4 Å². The van der Waals surface area contributed by atoms with E-state index in [-0.39, 0.29) is 71.8 Å². The number of amides is 3. The Balaban J connectivity index is 1.39. The Morgan fingerprint density at radius 3 is 2.55 bits per heavy atom. The van der Waals surface area contributed by atoms with Gasteiger partial charge in [-0.05, 0) is 51.1 Å². The third-order valence-corrected chi connectivity index (χ3v) is 9.20. The smallest absolute Gasteiger partial charge is 0.321 e. The summed E-state index contributed by atoms with van der Waals surface area (Å²) in [4.78, 5) is 29.8. The zero-order valence-corrected chi connectivity index (χ0v) is 25.8. The number of rotatable bonds is 8. The molecule has 3 N–H and O–H groups in total. The number of benzene rings is 2. The average molecular weight is 630 g/mol. The van der Waals surface area contributed by atoms with Gasteiger partial charge in [0.2, 0.25) is 6.79 Å². The zero-order chi connectivity index (χ0) is 31.8. The molecular formula is C29H35N5O9S. The maximum absolute atomic E-state index is 13.8. The molecule has 0 saturated carbocycles. The molecule has 3 atom stereocenters. The van der Waals surface area contributed by atoms with Gasteiger partial charge in [0.15, 0.2) is 22.2 Å². The fourth-order valence-electron chi connectivity index (χ4n) is 5.11. The van der Waals surface area contributed by atoms with Crippen LogP contribution in [0.2, 0.25) is 0 Å². The molecule has 0 aliphatic carbocycles. The third-order valence-electron chi connectivity index (χ3n) is 7.58. The molecule has 44 heavy (non-hydrogen) atoms. The number of aliphatic hydroxyl groups excluding tert-OH is 1. The lowest BCUT2D eigenvalue weighted by atomic mass is 9.99. The van der Waals surface area contributed by atoms with Crippen LogP contribution in [-0.4, -0.2) is 86.1 Å². The molecule has 2 aliphatic rings. The number of aliphatic hydroxyl groups is 1. The van der Waals surface area contributed by atoms with Gasteiger partial charge in [-0.25, -0.2) is 13.2 Å². The van der Waals surface area contributed by atoms with Crippen molar-refractivity contribution >= 4 is 33.3 Å². The summed E-state index contributed by atoms with van der Waals surface area (Å²) in [7, 11) is -2.45. The van der Waals surface area contributed by atoms with Crippen LogP contribution >= 0.6 is 0 Å². The standard InChI is InChI=1S/C29H35N5O9S/c1-16-12-34(17(2)14-35)28(36)22-10-21(32-44(38,39)27-18(3)31-43-19(27)4)7-8-23(22)42-26(16)13-33(5)29(37)30-20-6-9-24-25(11-20)41-15-40-24/h6-11,16-17,26,32,35H,12-15H2,1-5H3,(H,30,37)/t16-,17+,26+/m1/s1. The van der Waals surface area contributed by atoms with E-state index >= 15 is 0 Å². The summed E-state index contributed by atoms with van der Waals surface area (Å²) >= 11 is 0. The number of aromatic nitrogens is 1. The van der Waals surface area contributed by atoms with Crippen LogP contribution in [0.4, 0.5) is 16.2 Å². The SMILES string of the molecule is Cc1noc(C)c1S(=O)(=O)Nc1ccc2c(c1)C(=O)N([C@@H](C)CO)C[C@@H](C)[C@H](CN(C)C(=O)Nc1ccc3c(c1)OCO3)O2. The summed E-state index contributed by atoms with van der Waals surface area (Å²) in [5, 5.41) is 16.5. The van der Waals surface area contributed by atoms with Crippen molar-refractivity contribution in [1.82, 2.24) is 15.0 Å². The fourth-order valence-corrected chi connectivity index (χ4v) is 6.50. The second-order valence-electron chi connectivity index (χ2n) is 11.0. The van der Waals surface area contributed by atoms with Crippen molar-refractivity contribution in [2.24, 2.45) is 5.92 Å². The van der Waals surface area contributed by atoms with Crippen molar-refractivity contribution in [3.63, 3.8) is 0 Å². The summed E-state index contributed by atoms with van der Waals surface area (Å²) < 4.78 is 50.8. The minimum Gasteiger partial charge on any atom is -0.487 e. The fraction of sp³-hybridized carbons (Fsp3) is 0.414. The van der Waals surface area contributed by atoms with Gasteiger partial charge in [0.25, 0.3) is 15.9 Å².